The third-order valence-electron chi connectivity index (χ3n) is 4.24. The number of carbonyl (C=O) groups is 1. The van der Waals surface area contributed by atoms with Crippen LogP contribution in [0, 0.1) is 20.8 Å². The molecular weight excluding hydrogens is 390 g/mol. The van der Waals surface area contributed by atoms with Gasteiger partial charge in [0.25, 0.3) is 0 Å². The molecule has 29 heavy (non-hydrogen) atoms. The van der Waals surface area contributed by atoms with Crippen LogP contribution in [0.25, 0.3) is 0 Å². The number of nitrogen functional groups attached to an aromatic ring is 1. The molecule has 2 N–H and O–H groups in total. The molecule has 9 heteroatoms. The van der Waals surface area contributed by atoms with Gasteiger partial charge in [0, 0.05) is 7.05 Å². The maximum atomic E-state index is 12.4. The van der Waals surface area contributed by atoms with Crippen molar-refractivity contribution in [3.63, 3.8) is 0 Å². The highest BCUT2D eigenvalue weighted by Crippen LogP contribution is 2.19. The summed E-state index contributed by atoms with van der Waals surface area (Å²) in [6.45, 7) is 6.51. The predicted octanol–water partition coefficient (Wildman–Crippen LogP) is 2.84. The average Bonchev–Trinajstić information content (AvgIpc) is 3.22. The van der Waals surface area contributed by atoms with Crippen LogP contribution in [0.2, 0.25) is 0 Å². The summed E-state index contributed by atoms with van der Waals surface area (Å²) in [6.07, 6.45) is 0. The van der Waals surface area contributed by atoms with E-state index in [-0.39, 0.29) is 18.3 Å². The molecule has 0 bridgehead atoms. The Hall–Kier alpha value is -2.94. The topological polar surface area (TPSA) is 99.4 Å². The van der Waals surface area contributed by atoms with Gasteiger partial charge in [-0.05, 0) is 56.2 Å². The molecular formula is C20H25N5O3S. The first-order valence-electron chi connectivity index (χ1n) is 9.14. The number of carbonyl (C=O) groups excluding carboxylic acids is 1. The molecule has 0 saturated heterocycles. The van der Waals surface area contributed by atoms with Crippen LogP contribution in [0.3, 0.4) is 0 Å². The molecule has 8 nitrogen and oxygen atoms in total. The average molecular weight is 416 g/mol. The lowest BCUT2D eigenvalue weighted by Gasteiger charge is -2.15. The molecule has 0 saturated carbocycles. The molecule has 0 spiro atoms. The van der Waals surface area contributed by atoms with Crippen LogP contribution in [0.4, 0.5) is 0 Å². The molecule has 0 fully saturated rings. The number of nitrogens with two attached hydrogens (primary N) is 1. The SMILES string of the molecule is Cc1cc(C)cc(OCc2nnc(SCC(=O)N(C)Cc3ccc(C)o3)n2N)c1. The fourth-order valence-corrected chi connectivity index (χ4v) is 3.61. The number of ether oxygens (including phenoxy) is 1. The zero-order valence-corrected chi connectivity index (χ0v) is 17.8. The zero-order valence-electron chi connectivity index (χ0n) is 17.0. The lowest BCUT2D eigenvalue weighted by molar-refractivity contribution is -0.127. The van der Waals surface area contributed by atoms with Crippen LogP contribution >= 0.6 is 11.8 Å². The minimum Gasteiger partial charge on any atom is -0.486 e. The monoisotopic (exact) mass is 415 g/mol. The Bertz CT molecular complexity index is 978. The first kappa shape index (κ1) is 20.8. The van der Waals surface area contributed by atoms with Crippen molar-refractivity contribution in [2.24, 2.45) is 0 Å². The van der Waals surface area contributed by atoms with Gasteiger partial charge in [-0.2, -0.15) is 0 Å². The van der Waals surface area contributed by atoms with E-state index >= 15 is 0 Å². The van der Waals surface area contributed by atoms with Crippen LogP contribution in [0.1, 0.15) is 28.5 Å². The normalized spacial score (nSPS) is 10.9. The summed E-state index contributed by atoms with van der Waals surface area (Å²) in [5.74, 6) is 9.02. The summed E-state index contributed by atoms with van der Waals surface area (Å²) in [5, 5.41) is 8.59. The molecule has 0 unspecified atom stereocenters. The first-order valence-corrected chi connectivity index (χ1v) is 10.1. The van der Waals surface area contributed by atoms with E-state index in [4.69, 9.17) is 15.0 Å². The maximum Gasteiger partial charge on any atom is 0.233 e. The van der Waals surface area contributed by atoms with E-state index in [2.05, 4.69) is 16.3 Å². The number of amides is 1. The minimum atomic E-state index is -0.0555. The Morgan fingerprint density at radius 2 is 1.93 bits per heavy atom. The smallest absolute Gasteiger partial charge is 0.233 e. The van der Waals surface area contributed by atoms with Gasteiger partial charge in [0.15, 0.2) is 5.82 Å². The second kappa shape index (κ2) is 9.04. The van der Waals surface area contributed by atoms with Crippen LogP contribution in [0.5, 0.6) is 5.75 Å². The van der Waals surface area contributed by atoms with Crippen molar-refractivity contribution in [2.75, 3.05) is 18.6 Å². The molecule has 0 aliphatic heterocycles. The zero-order chi connectivity index (χ0) is 21.0. The predicted molar refractivity (Wildman–Crippen MR) is 111 cm³/mol. The molecule has 0 aliphatic carbocycles. The van der Waals surface area contributed by atoms with Crippen molar-refractivity contribution in [2.45, 2.75) is 39.1 Å². The largest absolute Gasteiger partial charge is 0.486 e. The second-order valence-corrected chi connectivity index (χ2v) is 7.87. The summed E-state index contributed by atoms with van der Waals surface area (Å²) in [7, 11) is 1.73. The Labute approximate surface area is 174 Å². The highest BCUT2D eigenvalue weighted by molar-refractivity contribution is 7.99. The standard InChI is InChI=1S/C20H25N5O3S/c1-13-7-14(2)9-17(8-13)27-11-18-22-23-20(25(18)21)29-12-19(26)24(4)10-16-6-5-15(3)28-16/h5-9H,10-12,21H2,1-4H3. The van der Waals surface area contributed by atoms with Gasteiger partial charge in [-0.3, -0.25) is 4.79 Å². The van der Waals surface area contributed by atoms with E-state index in [1.54, 1.807) is 11.9 Å². The molecule has 1 aromatic carbocycles. The molecule has 154 valence electrons. The maximum absolute atomic E-state index is 12.4. The van der Waals surface area contributed by atoms with Gasteiger partial charge in [-0.1, -0.05) is 17.8 Å². The van der Waals surface area contributed by atoms with Gasteiger partial charge in [-0.15, -0.1) is 10.2 Å². The molecule has 2 heterocycles. The highest BCUT2D eigenvalue weighted by atomic mass is 32.2. The second-order valence-electron chi connectivity index (χ2n) is 6.93. The fourth-order valence-electron chi connectivity index (χ4n) is 2.80. The van der Waals surface area contributed by atoms with Crippen LogP contribution in [0.15, 0.2) is 39.9 Å². The number of rotatable bonds is 8. The van der Waals surface area contributed by atoms with Crippen molar-refractivity contribution < 1.29 is 13.9 Å². The summed E-state index contributed by atoms with van der Waals surface area (Å²) in [6, 6.07) is 9.73. The summed E-state index contributed by atoms with van der Waals surface area (Å²) in [5.41, 5.74) is 2.25. The van der Waals surface area contributed by atoms with E-state index in [9.17, 15) is 4.79 Å². The first-order chi connectivity index (χ1) is 13.8. The number of nitrogens with zero attached hydrogens (tertiary/aromatic N) is 4. The van der Waals surface area contributed by atoms with E-state index in [0.29, 0.717) is 17.5 Å². The summed E-state index contributed by atoms with van der Waals surface area (Å²) >= 11 is 1.23. The molecule has 3 rings (SSSR count). The number of aryl methyl sites for hydroxylation is 3. The Morgan fingerprint density at radius 1 is 1.21 bits per heavy atom. The van der Waals surface area contributed by atoms with E-state index < -0.39 is 0 Å². The van der Waals surface area contributed by atoms with Gasteiger partial charge in [0.05, 0.1) is 12.3 Å². The number of benzene rings is 1. The van der Waals surface area contributed by atoms with Crippen LogP contribution in [-0.4, -0.2) is 38.5 Å². The minimum absolute atomic E-state index is 0.0555. The summed E-state index contributed by atoms with van der Waals surface area (Å²) in [4.78, 5) is 14.0. The number of aromatic nitrogens is 3. The number of thioether (sulfide) groups is 1. The molecule has 3 aromatic rings. The molecule has 0 aliphatic rings. The van der Waals surface area contributed by atoms with Crippen molar-refractivity contribution >= 4 is 17.7 Å². The van der Waals surface area contributed by atoms with Crippen molar-refractivity contribution in [1.29, 1.82) is 0 Å². The molecule has 0 atom stereocenters. The van der Waals surface area contributed by atoms with Crippen molar-refractivity contribution in [1.82, 2.24) is 19.8 Å². The Morgan fingerprint density at radius 3 is 2.59 bits per heavy atom. The van der Waals surface area contributed by atoms with E-state index in [1.807, 2.05) is 45.0 Å². The quantitative estimate of drug-likeness (QED) is 0.446. The lowest BCUT2D eigenvalue weighted by atomic mass is 10.1. The third-order valence-corrected chi connectivity index (χ3v) is 5.17. The van der Waals surface area contributed by atoms with Crippen molar-refractivity contribution in [3.8, 4) is 5.75 Å². The van der Waals surface area contributed by atoms with Gasteiger partial charge in [0.2, 0.25) is 11.1 Å². The van der Waals surface area contributed by atoms with E-state index in [0.717, 1.165) is 28.4 Å². The van der Waals surface area contributed by atoms with Gasteiger partial charge >= 0.3 is 0 Å². The van der Waals surface area contributed by atoms with Gasteiger partial charge in [-0.25, -0.2) is 4.68 Å². The number of furan rings is 1. The number of hydrogen-bond acceptors (Lipinski definition) is 7. The van der Waals surface area contributed by atoms with Crippen molar-refractivity contribution in [3.05, 3.63) is 58.8 Å². The third kappa shape index (κ3) is 5.54. The molecule has 0 radical (unpaired) electrons. The Balaban J connectivity index is 1.53. The van der Waals surface area contributed by atoms with Crippen LogP contribution < -0.4 is 10.6 Å². The van der Waals surface area contributed by atoms with Gasteiger partial charge < -0.3 is 19.9 Å². The molecule has 2 aromatic heterocycles. The Kier molecular flexibility index (Phi) is 6.48. The highest BCUT2D eigenvalue weighted by Gasteiger charge is 2.16. The van der Waals surface area contributed by atoms with E-state index in [1.165, 1.54) is 16.4 Å². The number of hydrogen-bond donors (Lipinski definition) is 1. The lowest BCUT2D eigenvalue weighted by Crippen LogP contribution is -2.28. The van der Waals surface area contributed by atoms with Gasteiger partial charge in [0.1, 0.15) is 23.9 Å². The fraction of sp³-hybridized carbons (Fsp3) is 0.350. The van der Waals surface area contributed by atoms with Crippen LogP contribution in [-0.2, 0) is 17.9 Å². The molecule has 1 amide bonds. The summed E-state index contributed by atoms with van der Waals surface area (Å²) < 4.78 is 12.6.